The summed E-state index contributed by atoms with van der Waals surface area (Å²) in [6.07, 6.45) is 8.03. The average Bonchev–Trinajstić information content (AvgIpc) is 2.41. The lowest BCUT2D eigenvalue weighted by Crippen LogP contribution is -2.07. The van der Waals surface area contributed by atoms with E-state index in [0.717, 1.165) is 18.1 Å². The van der Waals surface area contributed by atoms with Crippen LogP contribution in [0, 0.1) is 12.3 Å². The van der Waals surface area contributed by atoms with E-state index in [1.807, 2.05) is 0 Å². The van der Waals surface area contributed by atoms with Gasteiger partial charge in [0, 0.05) is 12.4 Å². The second kappa shape index (κ2) is 4.65. The average molecular weight is 156 g/mol. The summed E-state index contributed by atoms with van der Waals surface area (Å²) in [5, 5.41) is 0. The van der Waals surface area contributed by atoms with Gasteiger partial charge in [-0.05, 0) is 12.8 Å². The molecular weight excluding hydrogens is 144 g/mol. The normalized spacial score (nSPS) is 24.5. The van der Waals surface area contributed by atoms with E-state index in [4.69, 9.17) is 11.2 Å². The third kappa shape index (κ3) is 2.64. The molecule has 0 bridgehead atoms. The Morgan fingerprint density at radius 2 is 2.60 bits per heavy atom. The van der Waals surface area contributed by atoms with Crippen molar-refractivity contribution in [1.29, 1.82) is 0 Å². The molecule has 1 nitrogen and oxygen atoms in total. The summed E-state index contributed by atoms with van der Waals surface area (Å²) in [5.74, 6) is 4.49. The van der Waals surface area contributed by atoms with Crippen LogP contribution in [0.1, 0.15) is 12.8 Å². The molecule has 0 N–H and O–H groups in total. The fourth-order valence-corrected chi connectivity index (χ4v) is 1.79. The molecule has 0 aromatic heterocycles. The van der Waals surface area contributed by atoms with Crippen LogP contribution in [0.2, 0.25) is 0 Å². The molecular formula is C8H12OS. The van der Waals surface area contributed by atoms with Gasteiger partial charge in [0.15, 0.2) is 0 Å². The molecule has 1 fully saturated rings. The maximum absolute atomic E-state index is 5.41. The van der Waals surface area contributed by atoms with E-state index in [-0.39, 0.29) is 0 Å². The summed E-state index contributed by atoms with van der Waals surface area (Å²) < 4.78 is 5.41. The van der Waals surface area contributed by atoms with Gasteiger partial charge in [0.1, 0.15) is 0 Å². The van der Waals surface area contributed by atoms with Crippen molar-refractivity contribution in [1.82, 2.24) is 0 Å². The van der Waals surface area contributed by atoms with Gasteiger partial charge in [-0.25, -0.2) is 0 Å². The third-order valence-corrected chi connectivity index (χ3v) is 2.49. The first kappa shape index (κ1) is 7.97. The predicted molar refractivity (Wildman–Crippen MR) is 45.1 cm³/mol. The fraction of sp³-hybridized carbons (Fsp3) is 0.750. The number of thioether (sulfide) groups is 1. The first-order valence-electron chi connectivity index (χ1n) is 3.56. The zero-order chi connectivity index (χ0) is 7.23. The molecule has 1 rings (SSSR count). The van der Waals surface area contributed by atoms with Gasteiger partial charge in [0.2, 0.25) is 0 Å². The summed E-state index contributed by atoms with van der Waals surface area (Å²) in [4.78, 5) is 0. The van der Waals surface area contributed by atoms with Crippen LogP contribution in [0.3, 0.4) is 0 Å². The van der Waals surface area contributed by atoms with Gasteiger partial charge in [-0.2, -0.15) is 0 Å². The number of terminal acetylenes is 1. The number of ether oxygens (including phenoxy) is 1. The Balaban J connectivity index is 1.97. The lowest BCUT2D eigenvalue weighted by molar-refractivity contribution is 0.129. The third-order valence-electron chi connectivity index (χ3n) is 1.51. The van der Waals surface area contributed by atoms with E-state index < -0.39 is 0 Å². The highest BCUT2D eigenvalue weighted by Crippen LogP contribution is 2.16. The first-order chi connectivity index (χ1) is 4.93. The lowest BCUT2D eigenvalue weighted by Gasteiger charge is -2.05. The van der Waals surface area contributed by atoms with Crippen LogP contribution in [-0.2, 0) is 4.74 Å². The topological polar surface area (TPSA) is 9.23 Å². The van der Waals surface area contributed by atoms with E-state index in [2.05, 4.69) is 5.92 Å². The van der Waals surface area contributed by atoms with Crippen LogP contribution < -0.4 is 0 Å². The van der Waals surface area contributed by atoms with Crippen LogP contribution in [0.4, 0.5) is 0 Å². The molecule has 56 valence electrons. The molecule has 0 radical (unpaired) electrons. The van der Waals surface area contributed by atoms with Crippen LogP contribution in [0.25, 0.3) is 0 Å². The molecule has 2 heteroatoms. The lowest BCUT2D eigenvalue weighted by atomic mass is 10.3. The molecule has 1 aliphatic heterocycles. The minimum absolute atomic E-state index is 0.485. The Kier molecular flexibility index (Phi) is 3.71. The van der Waals surface area contributed by atoms with Crippen LogP contribution >= 0.6 is 11.8 Å². The molecule has 10 heavy (non-hydrogen) atoms. The number of hydrogen-bond donors (Lipinski definition) is 0. The van der Waals surface area contributed by atoms with Crippen molar-refractivity contribution in [2.45, 2.75) is 18.9 Å². The molecule has 1 atom stereocenters. The van der Waals surface area contributed by atoms with Crippen molar-refractivity contribution in [2.75, 3.05) is 18.1 Å². The highest BCUT2D eigenvalue weighted by Gasteiger charge is 2.14. The van der Waals surface area contributed by atoms with Crippen molar-refractivity contribution in [3.05, 3.63) is 0 Å². The maximum Gasteiger partial charge on any atom is 0.0666 e. The first-order valence-corrected chi connectivity index (χ1v) is 4.72. The summed E-state index contributed by atoms with van der Waals surface area (Å²) in [5.41, 5.74) is 0. The molecule has 0 spiro atoms. The van der Waals surface area contributed by atoms with Gasteiger partial charge in [-0.3, -0.25) is 0 Å². The van der Waals surface area contributed by atoms with E-state index in [1.54, 1.807) is 11.8 Å². The largest absolute Gasteiger partial charge is 0.377 e. The molecule has 0 saturated carbocycles. The minimum atomic E-state index is 0.485. The molecule has 1 unspecified atom stereocenters. The Bertz CT molecular complexity index is 122. The van der Waals surface area contributed by atoms with E-state index in [9.17, 15) is 0 Å². The van der Waals surface area contributed by atoms with Crippen LogP contribution in [0.15, 0.2) is 0 Å². The Morgan fingerprint density at radius 3 is 3.20 bits per heavy atom. The second-order valence-corrected chi connectivity index (χ2v) is 3.38. The molecule has 1 aliphatic rings. The molecule has 0 amide bonds. The smallest absolute Gasteiger partial charge is 0.0666 e. The van der Waals surface area contributed by atoms with Gasteiger partial charge in [-0.1, -0.05) is 5.92 Å². The Morgan fingerprint density at radius 1 is 1.70 bits per heavy atom. The monoisotopic (exact) mass is 156 g/mol. The number of rotatable bonds is 3. The highest BCUT2D eigenvalue weighted by molar-refractivity contribution is 7.99. The summed E-state index contributed by atoms with van der Waals surface area (Å²) in [6.45, 7) is 0.946. The Hall–Kier alpha value is -0.130. The molecule has 1 saturated heterocycles. The summed E-state index contributed by atoms with van der Waals surface area (Å²) in [6, 6.07) is 0. The van der Waals surface area contributed by atoms with Gasteiger partial charge in [0.25, 0.3) is 0 Å². The SMILES string of the molecule is C#CCSCC1CCCO1. The molecule has 0 aliphatic carbocycles. The highest BCUT2D eigenvalue weighted by atomic mass is 32.2. The fourth-order valence-electron chi connectivity index (χ4n) is 1.03. The molecule has 1 heterocycles. The van der Waals surface area contributed by atoms with Gasteiger partial charge >= 0.3 is 0 Å². The van der Waals surface area contributed by atoms with Gasteiger partial charge < -0.3 is 4.74 Å². The zero-order valence-electron chi connectivity index (χ0n) is 6.01. The van der Waals surface area contributed by atoms with Crippen molar-refractivity contribution >= 4 is 11.8 Å². The quantitative estimate of drug-likeness (QED) is 0.453. The summed E-state index contributed by atoms with van der Waals surface area (Å²) in [7, 11) is 0. The van der Waals surface area contributed by atoms with Crippen LogP contribution in [-0.4, -0.2) is 24.2 Å². The minimum Gasteiger partial charge on any atom is -0.377 e. The van der Waals surface area contributed by atoms with Crippen molar-refractivity contribution in [3.8, 4) is 12.3 Å². The zero-order valence-corrected chi connectivity index (χ0v) is 6.82. The molecule has 0 aromatic rings. The van der Waals surface area contributed by atoms with Crippen molar-refractivity contribution < 1.29 is 4.74 Å². The Labute approximate surface area is 66.5 Å². The molecule has 0 aromatic carbocycles. The summed E-state index contributed by atoms with van der Waals surface area (Å²) >= 11 is 1.79. The number of hydrogen-bond acceptors (Lipinski definition) is 2. The predicted octanol–water partition coefficient (Wildman–Crippen LogP) is 1.53. The van der Waals surface area contributed by atoms with E-state index in [1.165, 1.54) is 12.8 Å². The standard InChI is InChI=1S/C8H12OS/c1-2-6-10-7-8-4-3-5-9-8/h1,8H,3-7H2. The van der Waals surface area contributed by atoms with Crippen molar-refractivity contribution in [3.63, 3.8) is 0 Å². The van der Waals surface area contributed by atoms with Gasteiger partial charge in [0.05, 0.1) is 11.9 Å². The second-order valence-electron chi connectivity index (χ2n) is 2.35. The van der Waals surface area contributed by atoms with E-state index >= 15 is 0 Å². The van der Waals surface area contributed by atoms with E-state index in [0.29, 0.717) is 6.10 Å². The maximum atomic E-state index is 5.41. The van der Waals surface area contributed by atoms with Crippen molar-refractivity contribution in [2.24, 2.45) is 0 Å². The van der Waals surface area contributed by atoms with Crippen LogP contribution in [0.5, 0.6) is 0 Å². The van der Waals surface area contributed by atoms with Gasteiger partial charge in [-0.15, -0.1) is 18.2 Å².